The van der Waals surface area contributed by atoms with Crippen LogP contribution >= 0.6 is 0 Å². The molecule has 0 aromatic carbocycles. The van der Waals surface area contributed by atoms with Crippen LogP contribution in [0.4, 0.5) is 0 Å². The first-order valence-corrected chi connectivity index (χ1v) is 10.4. The molecular formula is C14H32OSi. The average molecular weight is 244 g/mol. The van der Waals surface area contributed by atoms with Gasteiger partial charge in [0.25, 0.3) is 0 Å². The predicted molar refractivity (Wildman–Crippen MR) is 76.5 cm³/mol. The van der Waals surface area contributed by atoms with E-state index in [4.69, 9.17) is 4.43 Å². The predicted octanol–water partition coefficient (Wildman–Crippen LogP) is 5.37. The van der Waals surface area contributed by atoms with Crippen molar-refractivity contribution in [1.29, 1.82) is 0 Å². The van der Waals surface area contributed by atoms with Crippen molar-refractivity contribution in [3.63, 3.8) is 0 Å². The molecular weight excluding hydrogens is 212 g/mol. The maximum absolute atomic E-state index is 5.96. The molecule has 0 aliphatic carbocycles. The van der Waals surface area contributed by atoms with Gasteiger partial charge in [-0.3, -0.25) is 0 Å². The van der Waals surface area contributed by atoms with Gasteiger partial charge in [-0.25, -0.2) is 0 Å². The van der Waals surface area contributed by atoms with Gasteiger partial charge in [0, 0.05) is 6.61 Å². The number of unbranched alkanes of at least 4 members (excludes halogenated alkanes) is 7. The maximum Gasteiger partial charge on any atom is 0.186 e. The molecule has 0 aliphatic heterocycles. The molecule has 98 valence electrons. The van der Waals surface area contributed by atoms with Gasteiger partial charge in [-0.05, 0) is 25.6 Å². The largest absolute Gasteiger partial charge is 0.417 e. The normalized spacial score (nSPS) is 12.0. The topological polar surface area (TPSA) is 9.23 Å². The maximum atomic E-state index is 5.96. The molecule has 0 radical (unpaired) electrons. The summed E-state index contributed by atoms with van der Waals surface area (Å²) in [6.07, 6.45) is 11.1. The van der Waals surface area contributed by atoms with E-state index < -0.39 is 8.32 Å². The van der Waals surface area contributed by atoms with E-state index in [0.29, 0.717) is 0 Å². The highest BCUT2D eigenvalue weighted by Crippen LogP contribution is 2.12. The van der Waals surface area contributed by atoms with Crippen LogP contribution in [0.2, 0.25) is 19.1 Å². The van der Waals surface area contributed by atoms with E-state index in [9.17, 15) is 0 Å². The first-order chi connectivity index (χ1) is 7.62. The van der Waals surface area contributed by atoms with Crippen molar-refractivity contribution in [2.75, 3.05) is 6.61 Å². The fourth-order valence-corrected chi connectivity index (χ4v) is 2.59. The summed E-state index contributed by atoms with van der Waals surface area (Å²) in [6, 6.07) is 1.24. The van der Waals surface area contributed by atoms with Crippen molar-refractivity contribution in [3.05, 3.63) is 0 Å². The van der Waals surface area contributed by atoms with Crippen molar-refractivity contribution in [3.8, 4) is 0 Å². The zero-order valence-electron chi connectivity index (χ0n) is 12.0. The van der Waals surface area contributed by atoms with E-state index in [1.807, 2.05) is 0 Å². The SMILES string of the molecule is CCCCCCCCCCO[Si](C)(C)CC. The summed E-state index contributed by atoms with van der Waals surface area (Å²) in [5.74, 6) is 0. The van der Waals surface area contributed by atoms with Crippen LogP contribution in [0.5, 0.6) is 0 Å². The minimum absolute atomic E-state index is 1.00. The molecule has 0 bridgehead atoms. The molecule has 0 aliphatic rings. The first kappa shape index (κ1) is 16.2. The highest BCUT2D eigenvalue weighted by atomic mass is 28.4. The van der Waals surface area contributed by atoms with E-state index in [2.05, 4.69) is 26.9 Å². The van der Waals surface area contributed by atoms with Crippen LogP contribution in [-0.2, 0) is 4.43 Å². The van der Waals surface area contributed by atoms with Gasteiger partial charge in [0.1, 0.15) is 0 Å². The lowest BCUT2D eigenvalue weighted by molar-refractivity contribution is 0.294. The number of rotatable bonds is 11. The van der Waals surface area contributed by atoms with Crippen LogP contribution in [0, 0.1) is 0 Å². The Morgan fingerprint density at radius 1 is 0.750 bits per heavy atom. The third-order valence-electron chi connectivity index (χ3n) is 3.34. The van der Waals surface area contributed by atoms with E-state index in [1.165, 1.54) is 57.4 Å². The Bertz CT molecular complexity index is 146. The molecule has 0 saturated heterocycles. The van der Waals surface area contributed by atoms with E-state index in [1.54, 1.807) is 0 Å². The summed E-state index contributed by atoms with van der Waals surface area (Å²) in [6.45, 7) is 10.2. The van der Waals surface area contributed by atoms with Crippen molar-refractivity contribution >= 4 is 8.32 Å². The third kappa shape index (κ3) is 10.7. The van der Waals surface area contributed by atoms with E-state index in [-0.39, 0.29) is 0 Å². The molecule has 0 N–H and O–H groups in total. The Morgan fingerprint density at radius 3 is 1.75 bits per heavy atom. The molecule has 1 nitrogen and oxygen atoms in total. The minimum atomic E-state index is -1.26. The van der Waals surface area contributed by atoms with Gasteiger partial charge in [0.05, 0.1) is 0 Å². The molecule has 0 aromatic rings. The molecule has 0 atom stereocenters. The zero-order chi connectivity index (χ0) is 12.3. The Balaban J connectivity index is 3.10. The van der Waals surface area contributed by atoms with Crippen molar-refractivity contribution in [2.45, 2.75) is 84.4 Å². The van der Waals surface area contributed by atoms with Crippen LogP contribution in [-0.4, -0.2) is 14.9 Å². The molecule has 0 fully saturated rings. The second-order valence-electron chi connectivity index (χ2n) is 5.44. The zero-order valence-corrected chi connectivity index (χ0v) is 13.0. The summed E-state index contributed by atoms with van der Waals surface area (Å²) in [7, 11) is -1.26. The molecule has 0 heterocycles. The Hall–Kier alpha value is 0.177. The molecule has 0 rings (SSSR count). The van der Waals surface area contributed by atoms with Gasteiger partial charge in [0.15, 0.2) is 8.32 Å². The summed E-state index contributed by atoms with van der Waals surface area (Å²) < 4.78 is 5.96. The smallest absolute Gasteiger partial charge is 0.186 e. The van der Waals surface area contributed by atoms with Gasteiger partial charge >= 0.3 is 0 Å². The van der Waals surface area contributed by atoms with Crippen LogP contribution < -0.4 is 0 Å². The van der Waals surface area contributed by atoms with Crippen LogP contribution in [0.15, 0.2) is 0 Å². The fraction of sp³-hybridized carbons (Fsp3) is 1.00. The van der Waals surface area contributed by atoms with Gasteiger partial charge in [-0.1, -0.05) is 58.8 Å². The second kappa shape index (κ2) is 10.3. The van der Waals surface area contributed by atoms with Gasteiger partial charge in [-0.2, -0.15) is 0 Å². The Morgan fingerprint density at radius 2 is 1.25 bits per heavy atom. The summed E-state index contributed by atoms with van der Waals surface area (Å²) in [4.78, 5) is 0. The minimum Gasteiger partial charge on any atom is -0.417 e. The first-order valence-electron chi connectivity index (χ1n) is 7.26. The lowest BCUT2D eigenvalue weighted by Crippen LogP contribution is -2.29. The summed E-state index contributed by atoms with van der Waals surface area (Å²) in [5, 5.41) is 0. The van der Waals surface area contributed by atoms with Crippen molar-refractivity contribution in [2.24, 2.45) is 0 Å². The molecule has 0 amide bonds. The molecule has 0 unspecified atom stereocenters. The summed E-state index contributed by atoms with van der Waals surface area (Å²) >= 11 is 0. The van der Waals surface area contributed by atoms with Crippen LogP contribution in [0.1, 0.15) is 65.2 Å². The highest BCUT2D eigenvalue weighted by molar-refractivity contribution is 6.71. The fourth-order valence-electron chi connectivity index (χ4n) is 1.69. The Kier molecular flexibility index (Phi) is 10.5. The third-order valence-corrected chi connectivity index (χ3v) is 6.03. The highest BCUT2D eigenvalue weighted by Gasteiger charge is 2.18. The van der Waals surface area contributed by atoms with Crippen LogP contribution in [0.25, 0.3) is 0 Å². The summed E-state index contributed by atoms with van der Waals surface area (Å²) in [5.41, 5.74) is 0. The number of hydrogen-bond donors (Lipinski definition) is 0. The second-order valence-corrected chi connectivity index (χ2v) is 9.95. The monoisotopic (exact) mass is 244 g/mol. The van der Waals surface area contributed by atoms with Crippen molar-refractivity contribution < 1.29 is 4.43 Å². The van der Waals surface area contributed by atoms with E-state index in [0.717, 1.165) is 6.61 Å². The quantitative estimate of drug-likeness (QED) is 0.351. The molecule has 16 heavy (non-hydrogen) atoms. The average Bonchev–Trinajstić information content (AvgIpc) is 2.27. The van der Waals surface area contributed by atoms with Crippen molar-refractivity contribution in [1.82, 2.24) is 0 Å². The van der Waals surface area contributed by atoms with E-state index >= 15 is 0 Å². The lowest BCUT2D eigenvalue weighted by Gasteiger charge is -2.20. The molecule has 2 heteroatoms. The van der Waals surface area contributed by atoms with Gasteiger partial charge < -0.3 is 4.43 Å². The Labute approximate surface area is 104 Å². The lowest BCUT2D eigenvalue weighted by atomic mass is 10.1. The van der Waals surface area contributed by atoms with Crippen LogP contribution in [0.3, 0.4) is 0 Å². The molecule has 0 saturated carbocycles. The van der Waals surface area contributed by atoms with Gasteiger partial charge in [-0.15, -0.1) is 0 Å². The number of hydrogen-bond acceptors (Lipinski definition) is 1. The van der Waals surface area contributed by atoms with Gasteiger partial charge in [0.2, 0.25) is 0 Å². The standard InChI is InChI=1S/C14H32OSi/c1-5-7-8-9-10-11-12-13-14-15-16(3,4)6-2/h5-14H2,1-4H3. The molecule has 0 aromatic heterocycles. The molecule has 0 spiro atoms.